The van der Waals surface area contributed by atoms with Crippen molar-refractivity contribution in [3.05, 3.63) is 59.2 Å². The second kappa shape index (κ2) is 9.85. The maximum absolute atomic E-state index is 12.4. The van der Waals surface area contributed by atoms with Gasteiger partial charge in [0.05, 0.1) is 7.11 Å². The molecular formula is C22H29NO3. The van der Waals surface area contributed by atoms with Crippen LogP contribution in [0.3, 0.4) is 0 Å². The first-order chi connectivity index (χ1) is 12.5. The summed E-state index contributed by atoms with van der Waals surface area (Å²) < 4.78 is 11.2. The molecule has 0 radical (unpaired) electrons. The summed E-state index contributed by atoms with van der Waals surface area (Å²) in [5, 5.41) is 2.98. The van der Waals surface area contributed by atoms with Crippen molar-refractivity contribution >= 4 is 5.91 Å². The number of carbonyl (C=O) groups is 1. The minimum Gasteiger partial charge on any atom is -0.496 e. The van der Waals surface area contributed by atoms with E-state index in [-0.39, 0.29) is 5.91 Å². The first-order valence-electron chi connectivity index (χ1n) is 9.18. The van der Waals surface area contributed by atoms with E-state index >= 15 is 0 Å². The Morgan fingerprint density at radius 1 is 1.12 bits per heavy atom. The maximum atomic E-state index is 12.4. The summed E-state index contributed by atoms with van der Waals surface area (Å²) in [6.07, 6.45) is 1.87. The lowest BCUT2D eigenvalue weighted by molar-refractivity contribution is -0.128. The van der Waals surface area contributed by atoms with Gasteiger partial charge in [-0.15, -0.1) is 0 Å². The summed E-state index contributed by atoms with van der Waals surface area (Å²) >= 11 is 0. The molecule has 2 rings (SSSR count). The summed E-state index contributed by atoms with van der Waals surface area (Å²) in [6.45, 7) is 6.68. The van der Waals surface area contributed by atoms with Gasteiger partial charge in [-0.1, -0.05) is 31.2 Å². The normalized spacial score (nSPS) is 11.7. The molecule has 0 bridgehead atoms. The van der Waals surface area contributed by atoms with Gasteiger partial charge in [-0.2, -0.15) is 0 Å². The molecule has 0 fully saturated rings. The van der Waals surface area contributed by atoms with E-state index in [0.717, 1.165) is 35.5 Å². The van der Waals surface area contributed by atoms with E-state index in [4.69, 9.17) is 9.47 Å². The Hall–Kier alpha value is -2.49. The predicted octanol–water partition coefficient (Wildman–Crippen LogP) is 4.22. The Balaban J connectivity index is 1.82. The lowest BCUT2D eigenvalue weighted by Crippen LogP contribution is -2.38. The third-order valence-corrected chi connectivity index (χ3v) is 4.53. The van der Waals surface area contributed by atoms with Crippen molar-refractivity contribution in [1.29, 1.82) is 0 Å². The molecule has 1 N–H and O–H groups in total. The molecule has 2 aromatic rings. The number of hydrogen-bond acceptors (Lipinski definition) is 3. The molecule has 0 aromatic heterocycles. The third-order valence-electron chi connectivity index (χ3n) is 4.53. The molecular weight excluding hydrogens is 326 g/mol. The number of nitrogens with one attached hydrogen (secondary N) is 1. The van der Waals surface area contributed by atoms with E-state index in [1.807, 2.05) is 50.2 Å². The molecule has 4 nitrogen and oxygen atoms in total. The predicted molar refractivity (Wildman–Crippen MR) is 105 cm³/mol. The molecule has 0 aliphatic heterocycles. The molecule has 0 heterocycles. The Morgan fingerprint density at radius 2 is 1.88 bits per heavy atom. The number of para-hydroxylation sites is 1. The van der Waals surface area contributed by atoms with Crippen LogP contribution in [0.15, 0.2) is 42.5 Å². The highest BCUT2D eigenvalue weighted by Crippen LogP contribution is 2.19. The van der Waals surface area contributed by atoms with Crippen LogP contribution >= 0.6 is 0 Å². The molecule has 4 heteroatoms. The Bertz CT molecular complexity index is 727. The van der Waals surface area contributed by atoms with Gasteiger partial charge < -0.3 is 14.8 Å². The molecule has 0 saturated carbocycles. The van der Waals surface area contributed by atoms with Crippen LogP contribution in [0.5, 0.6) is 11.5 Å². The number of ether oxygens (including phenoxy) is 2. The summed E-state index contributed by atoms with van der Waals surface area (Å²) in [5.74, 6) is 1.57. The first-order valence-corrected chi connectivity index (χ1v) is 9.18. The highest BCUT2D eigenvalue weighted by atomic mass is 16.5. The zero-order chi connectivity index (χ0) is 18.9. The highest BCUT2D eigenvalue weighted by Gasteiger charge is 2.18. The van der Waals surface area contributed by atoms with E-state index < -0.39 is 6.10 Å². The van der Waals surface area contributed by atoms with Crippen LogP contribution in [0, 0.1) is 13.8 Å². The zero-order valence-electron chi connectivity index (χ0n) is 16.2. The molecule has 0 spiro atoms. The molecule has 0 aliphatic rings. The average Bonchev–Trinajstić information content (AvgIpc) is 2.66. The van der Waals surface area contributed by atoms with E-state index in [1.54, 1.807) is 7.11 Å². The number of rotatable bonds is 9. The second-order valence-corrected chi connectivity index (χ2v) is 6.47. The minimum absolute atomic E-state index is 0.0641. The van der Waals surface area contributed by atoms with Crippen molar-refractivity contribution < 1.29 is 14.3 Å². The SMILES string of the molecule is CCC(Oc1ccc(C)c(C)c1)C(=O)NCCCc1ccccc1OC. The van der Waals surface area contributed by atoms with Gasteiger partial charge in [0.1, 0.15) is 11.5 Å². The summed E-state index contributed by atoms with van der Waals surface area (Å²) in [7, 11) is 1.68. The second-order valence-electron chi connectivity index (χ2n) is 6.47. The van der Waals surface area contributed by atoms with Crippen LogP contribution in [-0.4, -0.2) is 25.7 Å². The van der Waals surface area contributed by atoms with Crippen molar-refractivity contribution in [3.8, 4) is 11.5 Å². The van der Waals surface area contributed by atoms with Gasteiger partial charge in [0, 0.05) is 6.54 Å². The van der Waals surface area contributed by atoms with Crippen molar-refractivity contribution in [3.63, 3.8) is 0 Å². The fourth-order valence-corrected chi connectivity index (χ4v) is 2.79. The van der Waals surface area contributed by atoms with Crippen molar-refractivity contribution in [2.75, 3.05) is 13.7 Å². The van der Waals surface area contributed by atoms with Gasteiger partial charge in [0.15, 0.2) is 6.10 Å². The topological polar surface area (TPSA) is 47.6 Å². The number of methoxy groups -OCH3 is 1. The van der Waals surface area contributed by atoms with Crippen molar-refractivity contribution in [1.82, 2.24) is 5.32 Å². The summed E-state index contributed by atoms with van der Waals surface area (Å²) in [4.78, 5) is 12.4. The van der Waals surface area contributed by atoms with Gasteiger partial charge in [-0.05, 0) is 68.0 Å². The van der Waals surface area contributed by atoms with E-state index in [9.17, 15) is 4.79 Å². The van der Waals surface area contributed by atoms with Gasteiger partial charge >= 0.3 is 0 Å². The van der Waals surface area contributed by atoms with Crippen LogP contribution in [0.25, 0.3) is 0 Å². The smallest absolute Gasteiger partial charge is 0.261 e. The molecule has 26 heavy (non-hydrogen) atoms. The Kier molecular flexibility index (Phi) is 7.52. The van der Waals surface area contributed by atoms with Crippen LogP contribution < -0.4 is 14.8 Å². The fraction of sp³-hybridized carbons (Fsp3) is 0.409. The van der Waals surface area contributed by atoms with Gasteiger partial charge in [0.25, 0.3) is 5.91 Å². The molecule has 1 atom stereocenters. The van der Waals surface area contributed by atoms with Crippen LogP contribution in [-0.2, 0) is 11.2 Å². The van der Waals surface area contributed by atoms with Gasteiger partial charge in [-0.3, -0.25) is 4.79 Å². The fourth-order valence-electron chi connectivity index (χ4n) is 2.79. The number of hydrogen-bond donors (Lipinski definition) is 1. The van der Waals surface area contributed by atoms with Crippen molar-refractivity contribution in [2.45, 2.75) is 46.1 Å². The number of amides is 1. The van der Waals surface area contributed by atoms with Crippen LogP contribution in [0.1, 0.15) is 36.5 Å². The maximum Gasteiger partial charge on any atom is 0.261 e. The molecule has 0 aliphatic carbocycles. The molecule has 2 aromatic carbocycles. The van der Waals surface area contributed by atoms with Gasteiger partial charge in [-0.25, -0.2) is 0 Å². The monoisotopic (exact) mass is 355 g/mol. The Morgan fingerprint density at radius 3 is 2.58 bits per heavy atom. The van der Waals surface area contributed by atoms with Crippen molar-refractivity contribution in [2.24, 2.45) is 0 Å². The first kappa shape index (κ1) is 19.8. The molecule has 140 valence electrons. The van der Waals surface area contributed by atoms with Gasteiger partial charge in [0.2, 0.25) is 0 Å². The number of carbonyl (C=O) groups excluding carboxylic acids is 1. The highest BCUT2D eigenvalue weighted by molar-refractivity contribution is 5.81. The Labute approximate surface area is 156 Å². The molecule has 1 unspecified atom stereocenters. The van der Waals surface area contributed by atoms with E-state index in [1.165, 1.54) is 5.56 Å². The number of benzene rings is 2. The largest absolute Gasteiger partial charge is 0.496 e. The minimum atomic E-state index is -0.469. The quantitative estimate of drug-likeness (QED) is 0.685. The van der Waals surface area contributed by atoms with Crippen LogP contribution in [0.2, 0.25) is 0 Å². The van der Waals surface area contributed by atoms with Crippen LogP contribution in [0.4, 0.5) is 0 Å². The standard InChI is InChI=1S/C22H29NO3/c1-5-20(26-19-13-12-16(2)17(3)15-19)22(24)23-14-8-10-18-9-6-7-11-21(18)25-4/h6-7,9,11-13,15,20H,5,8,10,14H2,1-4H3,(H,23,24). The zero-order valence-corrected chi connectivity index (χ0v) is 16.2. The molecule has 1 amide bonds. The summed E-state index contributed by atoms with van der Waals surface area (Å²) in [5.41, 5.74) is 3.53. The average molecular weight is 355 g/mol. The lowest BCUT2D eigenvalue weighted by atomic mass is 10.1. The third kappa shape index (κ3) is 5.51. The number of aryl methyl sites for hydroxylation is 3. The van der Waals surface area contributed by atoms with E-state index in [0.29, 0.717) is 13.0 Å². The lowest BCUT2D eigenvalue weighted by Gasteiger charge is -2.18. The molecule has 0 saturated heterocycles. The van der Waals surface area contributed by atoms with E-state index in [2.05, 4.69) is 18.3 Å². The summed E-state index contributed by atoms with van der Waals surface area (Å²) in [6, 6.07) is 13.9.